The average molecular weight is 357 g/mol. The lowest BCUT2D eigenvalue weighted by Gasteiger charge is -2.34. The minimum absolute atomic E-state index is 0.114. The van der Waals surface area contributed by atoms with E-state index in [4.69, 9.17) is 0 Å². The number of piperazine rings is 1. The molecule has 1 aromatic carbocycles. The van der Waals surface area contributed by atoms with Gasteiger partial charge in [0, 0.05) is 46.1 Å². The van der Waals surface area contributed by atoms with E-state index in [0.29, 0.717) is 0 Å². The molecule has 0 aromatic heterocycles. The van der Waals surface area contributed by atoms with Crippen molar-refractivity contribution in [3.8, 4) is 0 Å². The van der Waals surface area contributed by atoms with Crippen molar-refractivity contribution in [2.75, 3.05) is 32.7 Å². The number of carbonyl (C=O) groups excluding carboxylic acids is 2. The van der Waals surface area contributed by atoms with Gasteiger partial charge in [0.15, 0.2) is 0 Å². The smallest absolute Gasteiger partial charge is 0.246 e. The lowest BCUT2D eigenvalue weighted by atomic mass is 10.3. The van der Waals surface area contributed by atoms with E-state index < -0.39 is 15.8 Å². The molecule has 0 bridgehead atoms. The molecule has 0 spiro atoms. The summed E-state index contributed by atoms with van der Waals surface area (Å²) in [5.74, 6) is -1.14. The first-order chi connectivity index (χ1) is 11.3. The molecule has 0 aliphatic carbocycles. The Morgan fingerprint density at radius 2 is 1.79 bits per heavy atom. The van der Waals surface area contributed by atoms with Gasteiger partial charge in [-0.25, -0.2) is 12.8 Å². The third kappa shape index (κ3) is 4.30. The molecule has 0 radical (unpaired) electrons. The number of sulfonamides is 1. The second-order valence-electron chi connectivity index (χ2n) is 5.45. The zero-order valence-corrected chi connectivity index (χ0v) is 14.2. The molecule has 1 aliphatic heterocycles. The van der Waals surface area contributed by atoms with Crippen LogP contribution in [0.2, 0.25) is 0 Å². The standard InChI is InChI=1S/C15H20FN3O4S/c1-12(20)17-7-6-15(21)18-8-10-19(11-9-18)24(22,23)14-5-3-2-4-13(14)16/h2-5H,6-11H2,1H3,(H,17,20). The van der Waals surface area contributed by atoms with Crippen molar-refractivity contribution in [1.29, 1.82) is 0 Å². The Morgan fingerprint density at radius 1 is 1.17 bits per heavy atom. The quantitative estimate of drug-likeness (QED) is 0.815. The Morgan fingerprint density at radius 3 is 2.38 bits per heavy atom. The third-order valence-corrected chi connectivity index (χ3v) is 5.69. The third-order valence-electron chi connectivity index (χ3n) is 3.76. The van der Waals surface area contributed by atoms with Crippen LogP contribution in [0.1, 0.15) is 13.3 Å². The molecule has 9 heteroatoms. The van der Waals surface area contributed by atoms with Gasteiger partial charge in [-0.2, -0.15) is 4.31 Å². The lowest BCUT2D eigenvalue weighted by Crippen LogP contribution is -2.51. The summed E-state index contributed by atoms with van der Waals surface area (Å²) in [4.78, 5) is 24.0. The first-order valence-corrected chi connectivity index (χ1v) is 9.03. The molecule has 1 aromatic rings. The molecule has 7 nitrogen and oxygen atoms in total. The topological polar surface area (TPSA) is 86.8 Å². The number of rotatable bonds is 5. The molecular formula is C15H20FN3O4S. The van der Waals surface area contributed by atoms with Gasteiger partial charge in [0.1, 0.15) is 10.7 Å². The van der Waals surface area contributed by atoms with Crippen molar-refractivity contribution in [2.45, 2.75) is 18.2 Å². The van der Waals surface area contributed by atoms with E-state index in [2.05, 4.69) is 5.32 Å². The fraction of sp³-hybridized carbons (Fsp3) is 0.467. The van der Waals surface area contributed by atoms with Crippen molar-refractivity contribution in [2.24, 2.45) is 0 Å². The molecule has 24 heavy (non-hydrogen) atoms. The fourth-order valence-corrected chi connectivity index (χ4v) is 3.96. The molecule has 132 valence electrons. The molecule has 1 fully saturated rings. The van der Waals surface area contributed by atoms with E-state index in [1.807, 2.05) is 0 Å². The number of halogens is 1. The van der Waals surface area contributed by atoms with Crippen LogP contribution < -0.4 is 5.32 Å². The molecule has 1 aliphatic rings. The highest BCUT2D eigenvalue weighted by Crippen LogP contribution is 2.20. The summed E-state index contributed by atoms with van der Waals surface area (Å²) >= 11 is 0. The van der Waals surface area contributed by atoms with Gasteiger partial charge in [0.2, 0.25) is 21.8 Å². The number of nitrogens with zero attached hydrogens (tertiary/aromatic N) is 2. The molecule has 0 unspecified atom stereocenters. The molecule has 2 amide bonds. The van der Waals surface area contributed by atoms with Gasteiger partial charge in [-0.1, -0.05) is 12.1 Å². The van der Waals surface area contributed by atoms with Crippen LogP contribution in [0.4, 0.5) is 4.39 Å². The normalized spacial score (nSPS) is 16.0. The summed E-state index contributed by atoms with van der Waals surface area (Å²) in [6.45, 7) is 2.34. The predicted molar refractivity (Wildman–Crippen MR) is 85.0 cm³/mol. The van der Waals surface area contributed by atoms with Crippen LogP contribution in [0, 0.1) is 5.82 Å². The summed E-state index contributed by atoms with van der Waals surface area (Å²) in [5.41, 5.74) is 0. The highest BCUT2D eigenvalue weighted by molar-refractivity contribution is 7.89. The SMILES string of the molecule is CC(=O)NCCC(=O)N1CCN(S(=O)(=O)c2ccccc2F)CC1. The summed E-state index contributed by atoms with van der Waals surface area (Å²) in [6, 6.07) is 5.24. The Kier molecular flexibility index (Phi) is 5.89. The number of amides is 2. The van der Waals surface area contributed by atoms with Crippen LogP contribution in [0.15, 0.2) is 29.2 Å². The van der Waals surface area contributed by atoms with Gasteiger partial charge in [-0.05, 0) is 12.1 Å². The largest absolute Gasteiger partial charge is 0.356 e. The molecule has 2 rings (SSSR count). The first kappa shape index (κ1) is 18.3. The first-order valence-electron chi connectivity index (χ1n) is 7.59. The second-order valence-corrected chi connectivity index (χ2v) is 7.35. The summed E-state index contributed by atoms with van der Waals surface area (Å²) in [6.07, 6.45) is 0.166. The summed E-state index contributed by atoms with van der Waals surface area (Å²) in [7, 11) is -3.91. The number of benzene rings is 1. The molecule has 0 atom stereocenters. The average Bonchev–Trinajstić information content (AvgIpc) is 2.54. The van der Waals surface area contributed by atoms with Crippen LogP contribution >= 0.6 is 0 Å². The summed E-state index contributed by atoms with van der Waals surface area (Å²) in [5, 5.41) is 2.54. The maximum atomic E-state index is 13.7. The van der Waals surface area contributed by atoms with Crippen molar-refractivity contribution in [1.82, 2.24) is 14.5 Å². The number of hydrogen-bond acceptors (Lipinski definition) is 4. The second kappa shape index (κ2) is 7.71. The van der Waals surface area contributed by atoms with E-state index in [1.165, 1.54) is 29.4 Å². The minimum atomic E-state index is -3.91. The van der Waals surface area contributed by atoms with Gasteiger partial charge in [0.05, 0.1) is 0 Å². The Balaban J connectivity index is 1.94. The van der Waals surface area contributed by atoms with E-state index >= 15 is 0 Å². The Hall–Kier alpha value is -2.00. The maximum absolute atomic E-state index is 13.7. The van der Waals surface area contributed by atoms with Crippen LogP contribution in [-0.4, -0.2) is 62.2 Å². The minimum Gasteiger partial charge on any atom is -0.356 e. The lowest BCUT2D eigenvalue weighted by molar-refractivity contribution is -0.132. The Bertz CT molecular complexity index is 715. The number of carbonyl (C=O) groups is 2. The number of hydrogen-bond donors (Lipinski definition) is 1. The Labute approximate surface area is 140 Å². The zero-order chi connectivity index (χ0) is 17.7. The van der Waals surface area contributed by atoms with Gasteiger partial charge >= 0.3 is 0 Å². The van der Waals surface area contributed by atoms with Crippen LogP contribution in [0.25, 0.3) is 0 Å². The van der Waals surface area contributed by atoms with Crippen LogP contribution in [0.5, 0.6) is 0 Å². The summed E-state index contributed by atoms with van der Waals surface area (Å²) < 4.78 is 39.9. The van der Waals surface area contributed by atoms with Crippen molar-refractivity contribution < 1.29 is 22.4 Å². The van der Waals surface area contributed by atoms with Gasteiger partial charge in [0.25, 0.3) is 0 Å². The zero-order valence-electron chi connectivity index (χ0n) is 13.4. The molecule has 1 saturated heterocycles. The van der Waals surface area contributed by atoms with E-state index in [9.17, 15) is 22.4 Å². The van der Waals surface area contributed by atoms with E-state index in [1.54, 1.807) is 4.90 Å². The molecule has 1 heterocycles. The van der Waals surface area contributed by atoms with Crippen LogP contribution in [0.3, 0.4) is 0 Å². The number of nitrogens with one attached hydrogen (secondary N) is 1. The van der Waals surface area contributed by atoms with Crippen LogP contribution in [-0.2, 0) is 19.6 Å². The van der Waals surface area contributed by atoms with Crippen molar-refractivity contribution in [3.63, 3.8) is 0 Å². The fourth-order valence-electron chi connectivity index (χ4n) is 2.47. The van der Waals surface area contributed by atoms with E-state index in [0.717, 1.165) is 6.07 Å². The molecular weight excluding hydrogens is 337 g/mol. The van der Waals surface area contributed by atoms with Gasteiger partial charge < -0.3 is 10.2 Å². The maximum Gasteiger partial charge on any atom is 0.246 e. The van der Waals surface area contributed by atoms with Crippen molar-refractivity contribution >= 4 is 21.8 Å². The highest BCUT2D eigenvalue weighted by Gasteiger charge is 2.31. The van der Waals surface area contributed by atoms with Gasteiger partial charge in [-0.15, -0.1) is 0 Å². The monoisotopic (exact) mass is 357 g/mol. The highest BCUT2D eigenvalue weighted by atomic mass is 32.2. The van der Waals surface area contributed by atoms with Gasteiger partial charge in [-0.3, -0.25) is 9.59 Å². The van der Waals surface area contributed by atoms with Crippen molar-refractivity contribution in [3.05, 3.63) is 30.1 Å². The van der Waals surface area contributed by atoms with E-state index in [-0.39, 0.29) is 55.9 Å². The predicted octanol–water partition coefficient (Wildman–Crippen LogP) is 0.185. The molecule has 0 saturated carbocycles. The molecule has 1 N–H and O–H groups in total.